The van der Waals surface area contributed by atoms with E-state index in [1.807, 2.05) is 23.1 Å². The largest absolute Gasteiger partial charge is 0.485 e. The van der Waals surface area contributed by atoms with Gasteiger partial charge in [-0.3, -0.25) is 9.59 Å². The summed E-state index contributed by atoms with van der Waals surface area (Å²) in [5.74, 6) is 1.00. The van der Waals surface area contributed by atoms with Crippen LogP contribution in [0.1, 0.15) is 48.9 Å². The Kier molecular flexibility index (Phi) is 5.08. The van der Waals surface area contributed by atoms with E-state index in [0.29, 0.717) is 24.4 Å². The molecule has 2 amide bonds. The average molecular weight is 372 g/mol. The first-order valence-corrected chi connectivity index (χ1v) is 10.1. The van der Waals surface area contributed by atoms with E-state index in [-0.39, 0.29) is 30.3 Å². The van der Waals surface area contributed by atoms with Crippen LogP contribution in [0.15, 0.2) is 24.3 Å². The van der Waals surface area contributed by atoms with E-state index in [9.17, 15) is 14.7 Å². The zero-order valence-corrected chi connectivity index (χ0v) is 15.7. The Morgan fingerprint density at radius 2 is 2.04 bits per heavy atom. The van der Waals surface area contributed by atoms with Crippen LogP contribution in [-0.4, -0.2) is 53.7 Å². The maximum absolute atomic E-state index is 12.9. The van der Waals surface area contributed by atoms with Gasteiger partial charge in [0.25, 0.3) is 5.91 Å². The second-order valence-electron chi connectivity index (χ2n) is 8.21. The monoisotopic (exact) mass is 372 g/mol. The van der Waals surface area contributed by atoms with Gasteiger partial charge in [-0.2, -0.15) is 0 Å². The van der Waals surface area contributed by atoms with Crippen molar-refractivity contribution in [2.24, 2.45) is 11.8 Å². The number of aliphatic hydroxyl groups is 1. The quantitative estimate of drug-likeness (QED) is 0.832. The van der Waals surface area contributed by atoms with Crippen molar-refractivity contribution in [3.05, 3.63) is 29.8 Å². The lowest BCUT2D eigenvalue weighted by Crippen LogP contribution is -2.50. The summed E-state index contributed by atoms with van der Waals surface area (Å²) in [5.41, 5.74) is 0.158. The number of fused-ring (bicyclic) bond motifs is 1. The fourth-order valence-corrected chi connectivity index (χ4v) is 4.69. The lowest BCUT2D eigenvalue weighted by molar-refractivity contribution is -0.140. The summed E-state index contributed by atoms with van der Waals surface area (Å²) in [4.78, 5) is 27.2. The Balaban J connectivity index is 1.41. The number of rotatable bonds is 2. The van der Waals surface area contributed by atoms with Gasteiger partial charge in [0.05, 0.1) is 12.1 Å². The summed E-state index contributed by atoms with van der Waals surface area (Å²) < 4.78 is 6.32. The molecule has 146 valence electrons. The zero-order valence-electron chi connectivity index (χ0n) is 15.7. The minimum absolute atomic E-state index is 0.0193. The highest BCUT2D eigenvalue weighted by Gasteiger charge is 2.42. The molecule has 1 aromatic rings. The number of hydrogen-bond donors (Lipinski definition) is 2. The highest BCUT2D eigenvalue weighted by molar-refractivity contribution is 5.97. The normalized spacial score (nSPS) is 30.9. The second-order valence-corrected chi connectivity index (χ2v) is 8.21. The molecule has 6 heteroatoms. The van der Waals surface area contributed by atoms with Crippen molar-refractivity contribution in [1.29, 1.82) is 0 Å². The highest BCUT2D eigenvalue weighted by atomic mass is 16.5. The molecule has 0 bridgehead atoms. The third-order valence-electron chi connectivity index (χ3n) is 6.36. The Labute approximate surface area is 159 Å². The molecule has 1 aliphatic carbocycles. The van der Waals surface area contributed by atoms with Crippen LogP contribution in [0.2, 0.25) is 0 Å². The maximum atomic E-state index is 12.9. The highest BCUT2D eigenvalue weighted by Crippen LogP contribution is 2.39. The average Bonchev–Trinajstić information content (AvgIpc) is 2.85. The van der Waals surface area contributed by atoms with Crippen molar-refractivity contribution in [3.63, 3.8) is 0 Å². The molecule has 1 saturated carbocycles. The summed E-state index contributed by atoms with van der Waals surface area (Å²) >= 11 is 0. The first kappa shape index (κ1) is 18.3. The number of para-hydroxylation sites is 1. The fraction of sp³-hybridized carbons (Fsp3) is 0.619. The molecule has 2 heterocycles. The van der Waals surface area contributed by atoms with Crippen LogP contribution < -0.4 is 10.1 Å². The predicted octanol–water partition coefficient (Wildman–Crippen LogP) is 1.97. The Morgan fingerprint density at radius 1 is 1.26 bits per heavy atom. The third-order valence-corrected chi connectivity index (χ3v) is 6.36. The van der Waals surface area contributed by atoms with Gasteiger partial charge in [0, 0.05) is 25.6 Å². The Morgan fingerprint density at radius 3 is 2.81 bits per heavy atom. The molecule has 1 aromatic carbocycles. The number of hydrogen-bond acceptors (Lipinski definition) is 4. The van der Waals surface area contributed by atoms with E-state index in [0.717, 1.165) is 45.1 Å². The summed E-state index contributed by atoms with van der Waals surface area (Å²) in [6.45, 7) is 2.12. The molecule has 2 aliphatic heterocycles. The van der Waals surface area contributed by atoms with E-state index in [2.05, 4.69) is 5.32 Å². The molecule has 2 fully saturated rings. The fourth-order valence-electron chi connectivity index (χ4n) is 4.69. The van der Waals surface area contributed by atoms with E-state index >= 15 is 0 Å². The number of likely N-dealkylation sites (tertiary alicyclic amines) is 1. The van der Waals surface area contributed by atoms with Crippen molar-refractivity contribution < 1.29 is 19.4 Å². The zero-order chi connectivity index (χ0) is 18.9. The van der Waals surface area contributed by atoms with E-state index in [1.54, 1.807) is 6.07 Å². The summed E-state index contributed by atoms with van der Waals surface area (Å²) in [6, 6.07) is 7.36. The van der Waals surface area contributed by atoms with Crippen LogP contribution in [0.3, 0.4) is 0 Å². The van der Waals surface area contributed by atoms with Gasteiger partial charge in [0.1, 0.15) is 11.4 Å². The van der Waals surface area contributed by atoms with Gasteiger partial charge in [-0.25, -0.2) is 0 Å². The Hall–Kier alpha value is -2.08. The minimum atomic E-state index is -0.422. The van der Waals surface area contributed by atoms with Crippen molar-refractivity contribution in [2.45, 2.75) is 44.1 Å². The van der Waals surface area contributed by atoms with Crippen molar-refractivity contribution in [3.8, 4) is 5.75 Å². The van der Waals surface area contributed by atoms with E-state index in [4.69, 9.17) is 4.74 Å². The van der Waals surface area contributed by atoms with E-state index < -0.39 is 5.60 Å². The van der Waals surface area contributed by atoms with Gasteiger partial charge < -0.3 is 20.1 Å². The summed E-state index contributed by atoms with van der Waals surface area (Å²) in [6.07, 6.45) is 5.04. The number of aliphatic hydroxyl groups excluding tert-OH is 1. The van der Waals surface area contributed by atoms with Crippen LogP contribution in [0.5, 0.6) is 5.75 Å². The minimum Gasteiger partial charge on any atom is -0.485 e. The smallest absolute Gasteiger partial charge is 0.255 e. The number of carbonyl (C=O) groups is 2. The number of ether oxygens (including phenoxy) is 1. The molecule has 0 unspecified atom stereocenters. The second kappa shape index (κ2) is 7.50. The molecule has 1 atom stereocenters. The number of piperidine rings is 1. The SMILES string of the molecule is O=C1NCC2(CCC(C(=O)N3CCC[C@@H](CO)C3)CC2)Oc2ccccc21. The number of carbonyl (C=O) groups excluding carboxylic acids is 2. The molecule has 2 N–H and O–H groups in total. The van der Waals surface area contributed by atoms with Crippen molar-refractivity contribution >= 4 is 11.8 Å². The summed E-state index contributed by atoms with van der Waals surface area (Å²) in [5, 5.41) is 12.4. The van der Waals surface area contributed by atoms with Crippen LogP contribution in [-0.2, 0) is 4.79 Å². The molecule has 0 radical (unpaired) electrons. The Bertz CT molecular complexity index is 712. The van der Waals surface area contributed by atoms with Crippen molar-refractivity contribution in [2.75, 3.05) is 26.2 Å². The maximum Gasteiger partial charge on any atom is 0.255 e. The molecular weight excluding hydrogens is 344 g/mol. The molecule has 1 spiro atoms. The number of amides is 2. The third kappa shape index (κ3) is 3.68. The number of nitrogens with zero attached hydrogens (tertiary/aromatic N) is 1. The van der Waals surface area contributed by atoms with Crippen molar-refractivity contribution in [1.82, 2.24) is 10.2 Å². The van der Waals surface area contributed by atoms with Crippen LogP contribution in [0.4, 0.5) is 0 Å². The van der Waals surface area contributed by atoms with Gasteiger partial charge in [-0.15, -0.1) is 0 Å². The van der Waals surface area contributed by atoms with Gasteiger partial charge in [-0.1, -0.05) is 12.1 Å². The molecule has 4 rings (SSSR count). The predicted molar refractivity (Wildman–Crippen MR) is 100 cm³/mol. The number of benzene rings is 1. The molecule has 6 nitrogen and oxygen atoms in total. The molecular formula is C21H28N2O4. The van der Waals surface area contributed by atoms with E-state index in [1.165, 1.54) is 0 Å². The van der Waals surface area contributed by atoms with Crippen LogP contribution in [0, 0.1) is 11.8 Å². The lowest BCUT2D eigenvalue weighted by Gasteiger charge is -2.41. The van der Waals surface area contributed by atoms with Gasteiger partial charge >= 0.3 is 0 Å². The molecule has 0 aromatic heterocycles. The first-order chi connectivity index (χ1) is 13.1. The topological polar surface area (TPSA) is 78.9 Å². The molecule has 3 aliphatic rings. The van der Waals surface area contributed by atoms with Gasteiger partial charge in [0.2, 0.25) is 5.91 Å². The first-order valence-electron chi connectivity index (χ1n) is 10.1. The molecule has 1 saturated heterocycles. The van der Waals surface area contributed by atoms with Crippen LogP contribution in [0.25, 0.3) is 0 Å². The lowest BCUT2D eigenvalue weighted by atomic mass is 9.77. The van der Waals surface area contributed by atoms with Gasteiger partial charge in [-0.05, 0) is 56.6 Å². The summed E-state index contributed by atoms with van der Waals surface area (Å²) in [7, 11) is 0. The molecule has 27 heavy (non-hydrogen) atoms. The van der Waals surface area contributed by atoms with Gasteiger partial charge in [0.15, 0.2) is 0 Å². The standard InChI is InChI=1S/C21H28N2O4/c24-13-15-4-3-11-23(12-15)20(26)16-7-9-21(10-8-16)14-22-19(25)17-5-1-2-6-18(17)27-21/h1-2,5-6,15-16,24H,3-4,7-14H2,(H,22,25)/t15-,16?,21?/m1/s1. The van der Waals surface area contributed by atoms with Crippen LogP contribution >= 0.6 is 0 Å². The number of nitrogens with one attached hydrogen (secondary N) is 1.